The average Bonchev–Trinajstić information content (AvgIpc) is 3.31. The molecule has 0 spiro atoms. The zero-order chi connectivity index (χ0) is 20.2. The molecule has 0 aliphatic rings. The van der Waals surface area contributed by atoms with Crippen LogP contribution in [0.15, 0.2) is 67.1 Å². The predicted octanol–water partition coefficient (Wildman–Crippen LogP) is 5.16. The van der Waals surface area contributed by atoms with Gasteiger partial charge in [0.15, 0.2) is 0 Å². The maximum atomic E-state index is 13.1. The molecule has 0 saturated carbocycles. The van der Waals surface area contributed by atoms with Gasteiger partial charge >= 0.3 is 0 Å². The first-order chi connectivity index (χ1) is 14.2. The summed E-state index contributed by atoms with van der Waals surface area (Å²) in [5.74, 6) is 0.0641. The van der Waals surface area contributed by atoms with Crippen LogP contribution in [0.25, 0.3) is 33.2 Å². The molecule has 0 saturated heterocycles. The monoisotopic (exact) mass is 384 g/mol. The molecule has 2 aromatic carbocycles. The number of nitrogens with one attached hydrogen (secondary N) is 1. The second kappa shape index (κ2) is 8.27. The molecule has 4 rings (SSSR count). The standard InChI is InChI=1S/C24H24N4O/c1-3-13-28(4-2)24(29)21-11-12-25-23-10-9-19(14-22(21)23)17-5-7-18(8-6-17)20-15-26-27-16-20/h5-12,14-16H,3-4,13H2,1-2H3,(H,26,27). The van der Waals surface area contributed by atoms with Crippen molar-refractivity contribution in [2.75, 3.05) is 13.1 Å². The summed E-state index contributed by atoms with van der Waals surface area (Å²) in [4.78, 5) is 19.4. The Morgan fingerprint density at radius 1 is 0.966 bits per heavy atom. The highest BCUT2D eigenvalue weighted by molar-refractivity contribution is 6.06. The van der Waals surface area contributed by atoms with Gasteiger partial charge in [-0.15, -0.1) is 0 Å². The Bertz CT molecular complexity index is 1120. The summed E-state index contributed by atoms with van der Waals surface area (Å²) in [6.07, 6.45) is 6.35. The van der Waals surface area contributed by atoms with Gasteiger partial charge in [-0.3, -0.25) is 14.9 Å². The number of pyridine rings is 1. The second-order valence-electron chi connectivity index (χ2n) is 7.04. The number of aromatic amines is 1. The van der Waals surface area contributed by atoms with Gasteiger partial charge in [0.2, 0.25) is 0 Å². The fourth-order valence-electron chi connectivity index (χ4n) is 3.62. The lowest BCUT2D eigenvalue weighted by Gasteiger charge is -2.21. The van der Waals surface area contributed by atoms with Gasteiger partial charge < -0.3 is 4.90 Å². The van der Waals surface area contributed by atoms with Crippen molar-refractivity contribution in [2.45, 2.75) is 20.3 Å². The first kappa shape index (κ1) is 18.9. The smallest absolute Gasteiger partial charge is 0.254 e. The van der Waals surface area contributed by atoms with Gasteiger partial charge in [-0.2, -0.15) is 5.10 Å². The number of carbonyl (C=O) groups excluding carboxylic acids is 1. The highest BCUT2D eigenvalue weighted by atomic mass is 16.2. The SMILES string of the molecule is CCCN(CC)C(=O)c1ccnc2ccc(-c3ccc(-c4cn[nH]c4)cc3)cc12. The Kier molecular flexibility index (Phi) is 5.38. The van der Waals surface area contributed by atoms with E-state index in [0.717, 1.165) is 46.1 Å². The molecular formula is C24H24N4O. The molecule has 5 nitrogen and oxygen atoms in total. The molecule has 0 bridgehead atoms. The Morgan fingerprint density at radius 3 is 2.34 bits per heavy atom. The van der Waals surface area contributed by atoms with E-state index in [2.05, 4.69) is 58.5 Å². The molecular weight excluding hydrogens is 360 g/mol. The minimum atomic E-state index is 0.0641. The highest BCUT2D eigenvalue weighted by Gasteiger charge is 2.17. The molecule has 0 unspecified atom stereocenters. The molecule has 5 heteroatoms. The van der Waals surface area contributed by atoms with Crippen molar-refractivity contribution in [3.8, 4) is 22.3 Å². The summed E-state index contributed by atoms with van der Waals surface area (Å²) in [6, 6.07) is 16.3. The van der Waals surface area contributed by atoms with Crippen molar-refractivity contribution in [1.29, 1.82) is 0 Å². The molecule has 146 valence electrons. The molecule has 29 heavy (non-hydrogen) atoms. The normalized spacial score (nSPS) is 11.0. The number of rotatable bonds is 6. The molecule has 0 radical (unpaired) electrons. The minimum Gasteiger partial charge on any atom is -0.339 e. The lowest BCUT2D eigenvalue weighted by Crippen LogP contribution is -2.31. The topological polar surface area (TPSA) is 61.9 Å². The van der Waals surface area contributed by atoms with Crippen LogP contribution >= 0.6 is 0 Å². The zero-order valence-electron chi connectivity index (χ0n) is 16.7. The number of amides is 1. The second-order valence-corrected chi connectivity index (χ2v) is 7.04. The molecule has 0 fully saturated rings. The van der Waals surface area contributed by atoms with E-state index in [1.165, 1.54) is 0 Å². The zero-order valence-corrected chi connectivity index (χ0v) is 16.7. The van der Waals surface area contributed by atoms with Crippen LogP contribution in [0.3, 0.4) is 0 Å². The van der Waals surface area contributed by atoms with E-state index in [-0.39, 0.29) is 5.91 Å². The Morgan fingerprint density at radius 2 is 1.69 bits per heavy atom. The lowest BCUT2D eigenvalue weighted by molar-refractivity contribution is 0.0766. The van der Waals surface area contributed by atoms with E-state index in [1.54, 1.807) is 6.20 Å². The van der Waals surface area contributed by atoms with Crippen molar-refractivity contribution in [2.24, 2.45) is 0 Å². The number of H-pyrrole nitrogens is 1. The number of aromatic nitrogens is 3. The Balaban J connectivity index is 1.73. The van der Waals surface area contributed by atoms with Gasteiger partial charge in [-0.25, -0.2) is 0 Å². The summed E-state index contributed by atoms with van der Waals surface area (Å²) < 4.78 is 0. The average molecular weight is 384 g/mol. The number of benzene rings is 2. The van der Waals surface area contributed by atoms with Gasteiger partial charge in [0.1, 0.15) is 0 Å². The maximum absolute atomic E-state index is 13.1. The van der Waals surface area contributed by atoms with Crippen LogP contribution in [0, 0.1) is 0 Å². The van der Waals surface area contributed by atoms with Gasteiger partial charge in [-0.05, 0) is 48.2 Å². The van der Waals surface area contributed by atoms with Gasteiger partial charge in [0.25, 0.3) is 5.91 Å². The summed E-state index contributed by atoms with van der Waals surface area (Å²) in [7, 11) is 0. The first-order valence-corrected chi connectivity index (χ1v) is 9.99. The molecule has 4 aromatic rings. The number of carbonyl (C=O) groups is 1. The van der Waals surface area contributed by atoms with E-state index in [9.17, 15) is 4.79 Å². The minimum absolute atomic E-state index is 0.0641. The van der Waals surface area contributed by atoms with Crippen LogP contribution < -0.4 is 0 Å². The number of fused-ring (bicyclic) bond motifs is 1. The van der Waals surface area contributed by atoms with Crippen molar-refractivity contribution in [3.63, 3.8) is 0 Å². The molecule has 1 N–H and O–H groups in total. The van der Waals surface area contributed by atoms with Crippen LogP contribution in [-0.2, 0) is 0 Å². The van der Waals surface area contributed by atoms with E-state index in [1.807, 2.05) is 36.4 Å². The lowest BCUT2D eigenvalue weighted by atomic mass is 9.98. The Hall–Kier alpha value is -3.47. The largest absolute Gasteiger partial charge is 0.339 e. The summed E-state index contributed by atoms with van der Waals surface area (Å²) in [5, 5.41) is 7.74. The quantitative estimate of drug-likeness (QED) is 0.499. The highest BCUT2D eigenvalue weighted by Crippen LogP contribution is 2.28. The third-order valence-corrected chi connectivity index (χ3v) is 5.18. The van der Waals surface area contributed by atoms with Gasteiger partial charge in [-0.1, -0.05) is 37.3 Å². The van der Waals surface area contributed by atoms with E-state index in [4.69, 9.17) is 0 Å². The first-order valence-electron chi connectivity index (χ1n) is 9.99. The van der Waals surface area contributed by atoms with Crippen molar-refractivity contribution >= 4 is 16.8 Å². The molecule has 1 amide bonds. The molecule has 0 aliphatic heterocycles. The third kappa shape index (κ3) is 3.76. The van der Waals surface area contributed by atoms with E-state index in [0.29, 0.717) is 12.1 Å². The fraction of sp³-hybridized carbons (Fsp3) is 0.208. The molecule has 2 heterocycles. The van der Waals surface area contributed by atoms with E-state index >= 15 is 0 Å². The van der Waals surface area contributed by atoms with Gasteiger partial charge in [0, 0.05) is 36.4 Å². The van der Waals surface area contributed by atoms with Crippen LogP contribution in [0.1, 0.15) is 30.6 Å². The van der Waals surface area contributed by atoms with Crippen LogP contribution in [-0.4, -0.2) is 39.1 Å². The van der Waals surface area contributed by atoms with Crippen molar-refractivity contribution in [1.82, 2.24) is 20.1 Å². The molecule has 0 aliphatic carbocycles. The maximum Gasteiger partial charge on any atom is 0.254 e. The summed E-state index contributed by atoms with van der Waals surface area (Å²) in [6.45, 7) is 5.57. The van der Waals surface area contributed by atoms with Crippen molar-refractivity contribution < 1.29 is 4.79 Å². The van der Waals surface area contributed by atoms with Crippen LogP contribution in [0.4, 0.5) is 0 Å². The predicted molar refractivity (Wildman–Crippen MR) is 117 cm³/mol. The molecule has 0 atom stereocenters. The summed E-state index contributed by atoms with van der Waals surface area (Å²) in [5.41, 5.74) is 5.88. The van der Waals surface area contributed by atoms with Crippen LogP contribution in [0.5, 0.6) is 0 Å². The van der Waals surface area contributed by atoms with Crippen LogP contribution in [0.2, 0.25) is 0 Å². The third-order valence-electron chi connectivity index (χ3n) is 5.18. The number of nitrogens with zero attached hydrogens (tertiary/aromatic N) is 3. The summed E-state index contributed by atoms with van der Waals surface area (Å²) >= 11 is 0. The number of hydrogen-bond acceptors (Lipinski definition) is 3. The van der Waals surface area contributed by atoms with Gasteiger partial charge in [0.05, 0.1) is 17.3 Å². The Labute approximate surface area is 170 Å². The fourth-order valence-corrected chi connectivity index (χ4v) is 3.62. The molecule has 2 aromatic heterocycles. The van der Waals surface area contributed by atoms with Crippen molar-refractivity contribution in [3.05, 3.63) is 72.7 Å². The van der Waals surface area contributed by atoms with E-state index < -0.39 is 0 Å². The number of hydrogen-bond donors (Lipinski definition) is 1.